The molecular weight excluding hydrogens is 174 g/mol. The Hall–Kier alpha value is -0.0800. The van der Waals surface area contributed by atoms with Crippen LogP contribution in [0.15, 0.2) is 0 Å². The van der Waals surface area contributed by atoms with Gasteiger partial charge in [-0.05, 0) is 12.8 Å². The molecule has 1 aliphatic carbocycles. The average molecular weight is 199 g/mol. The number of hydrogen-bond donors (Lipinski definition) is 0. The summed E-state index contributed by atoms with van der Waals surface area (Å²) >= 11 is 0. The van der Waals surface area contributed by atoms with Gasteiger partial charge in [-0.15, -0.1) is 0 Å². The van der Waals surface area contributed by atoms with E-state index in [1.54, 1.807) is 0 Å². The van der Waals surface area contributed by atoms with Crippen LogP contribution in [0, 0.1) is 0 Å². The van der Waals surface area contributed by atoms with Crippen molar-refractivity contribution in [3.05, 3.63) is 0 Å². The Labute approximate surface area is 88.6 Å². The van der Waals surface area contributed by atoms with Crippen molar-refractivity contribution >= 4 is 0 Å². The Bertz CT molecular complexity index is 110. The second-order valence-electron chi connectivity index (χ2n) is 3.94. The van der Waals surface area contributed by atoms with Crippen molar-refractivity contribution in [1.29, 1.82) is 0 Å². The third-order valence-corrected chi connectivity index (χ3v) is 3.14. The lowest BCUT2D eigenvalue weighted by atomic mass is 9.94. The maximum absolute atomic E-state index is 5.35. The minimum atomic E-state index is 0.891. The lowest BCUT2D eigenvalue weighted by molar-refractivity contribution is 0.00858. The van der Waals surface area contributed by atoms with Gasteiger partial charge in [0, 0.05) is 19.1 Å². The summed E-state index contributed by atoms with van der Waals surface area (Å²) in [7, 11) is 0. The average Bonchev–Trinajstić information content (AvgIpc) is 2.34. The largest absolute Gasteiger partial charge is 0.379 e. The summed E-state index contributed by atoms with van der Waals surface area (Å²) in [5.41, 5.74) is 0. The molecule has 2 heteroatoms. The fraction of sp³-hybridized carbons (Fsp3) is 1.00. The molecule has 1 saturated heterocycles. The first-order valence-corrected chi connectivity index (χ1v) is 6.28. The van der Waals surface area contributed by atoms with Crippen molar-refractivity contribution in [2.75, 3.05) is 26.3 Å². The molecule has 0 aromatic rings. The minimum Gasteiger partial charge on any atom is -0.379 e. The van der Waals surface area contributed by atoms with Crippen molar-refractivity contribution < 1.29 is 4.74 Å². The van der Waals surface area contributed by atoms with Crippen molar-refractivity contribution in [1.82, 2.24) is 4.90 Å². The quantitative estimate of drug-likeness (QED) is 0.644. The predicted molar refractivity (Wildman–Crippen MR) is 60.6 cm³/mol. The SMILES string of the molecule is C1CCC(N2CCOCC2)CC1.CC. The van der Waals surface area contributed by atoms with Crippen LogP contribution < -0.4 is 0 Å². The Morgan fingerprint density at radius 2 is 1.50 bits per heavy atom. The summed E-state index contributed by atoms with van der Waals surface area (Å²) in [6.07, 6.45) is 7.21. The molecule has 1 saturated carbocycles. The molecule has 0 amide bonds. The zero-order valence-corrected chi connectivity index (χ0v) is 9.80. The normalized spacial score (nSPS) is 25.3. The van der Waals surface area contributed by atoms with Crippen LogP contribution in [0.3, 0.4) is 0 Å². The molecule has 0 unspecified atom stereocenters. The van der Waals surface area contributed by atoms with Gasteiger partial charge >= 0.3 is 0 Å². The van der Waals surface area contributed by atoms with E-state index in [0.29, 0.717) is 0 Å². The summed E-state index contributed by atoms with van der Waals surface area (Å²) in [5, 5.41) is 0. The zero-order valence-electron chi connectivity index (χ0n) is 9.80. The lowest BCUT2D eigenvalue weighted by Gasteiger charge is -2.36. The van der Waals surface area contributed by atoms with Gasteiger partial charge in [0.1, 0.15) is 0 Å². The van der Waals surface area contributed by atoms with Crippen molar-refractivity contribution in [2.45, 2.75) is 52.0 Å². The van der Waals surface area contributed by atoms with Crippen LogP contribution in [0.25, 0.3) is 0 Å². The van der Waals surface area contributed by atoms with Crippen LogP contribution in [0.2, 0.25) is 0 Å². The Kier molecular flexibility index (Phi) is 6.20. The third-order valence-electron chi connectivity index (χ3n) is 3.14. The molecule has 2 nitrogen and oxygen atoms in total. The second-order valence-corrected chi connectivity index (χ2v) is 3.94. The van der Waals surface area contributed by atoms with E-state index in [1.807, 2.05) is 13.8 Å². The Morgan fingerprint density at radius 1 is 0.929 bits per heavy atom. The summed E-state index contributed by atoms with van der Waals surface area (Å²) in [5.74, 6) is 0. The van der Waals surface area contributed by atoms with Crippen LogP contribution in [0.5, 0.6) is 0 Å². The Balaban J connectivity index is 0.000000461. The molecule has 0 aromatic carbocycles. The molecule has 0 N–H and O–H groups in total. The molecule has 2 rings (SSSR count). The first kappa shape index (κ1) is 12.0. The molecule has 1 heterocycles. The van der Waals surface area contributed by atoms with Gasteiger partial charge < -0.3 is 4.74 Å². The van der Waals surface area contributed by atoms with E-state index in [2.05, 4.69) is 4.90 Å². The molecule has 14 heavy (non-hydrogen) atoms. The first-order valence-electron chi connectivity index (χ1n) is 6.28. The van der Waals surface area contributed by atoms with Gasteiger partial charge in [0.25, 0.3) is 0 Å². The molecule has 1 aliphatic heterocycles. The molecule has 2 fully saturated rings. The van der Waals surface area contributed by atoms with E-state index in [1.165, 1.54) is 45.2 Å². The van der Waals surface area contributed by atoms with Gasteiger partial charge in [-0.25, -0.2) is 0 Å². The number of rotatable bonds is 1. The monoisotopic (exact) mass is 199 g/mol. The van der Waals surface area contributed by atoms with E-state index >= 15 is 0 Å². The molecule has 0 bridgehead atoms. The van der Waals surface area contributed by atoms with E-state index in [9.17, 15) is 0 Å². The highest BCUT2D eigenvalue weighted by Crippen LogP contribution is 2.22. The molecule has 0 radical (unpaired) electrons. The van der Waals surface area contributed by atoms with Crippen molar-refractivity contribution in [2.24, 2.45) is 0 Å². The van der Waals surface area contributed by atoms with E-state index in [-0.39, 0.29) is 0 Å². The van der Waals surface area contributed by atoms with Crippen molar-refractivity contribution in [3.63, 3.8) is 0 Å². The smallest absolute Gasteiger partial charge is 0.0594 e. The van der Waals surface area contributed by atoms with E-state index in [0.717, 1.165) is 19.3 Å². The van der Waals surface area contributed by atoms with Crippen LogP contribution in [0.4, 0.5) is 0 Å². The van der Waals surface area contributed by atoms with Gasteiger partial charge in [0.05, 0.1) is 13.2 Å². The number of morpholine rings is 1. The molecule has 0 spiro atoms. The second kappa shape index (κ2) is 7.24. The van der Waals surface area contributed by atoms with E-state index < -0.39 is 0 Å². The third kappa shape index (κ3) is 3.58. The fourth-order valence-corrected chi connectivity index (χ4v) is 2.39. The van der Waals surface area contributed by atoms with Crippen LogP contribution in [-0.4, -0.2) is 37.2 Å². The molecule has 0 atom stereocenters. The molecule has 2 aliphatic rings. The van der Waals surface area contributed by atoms with Crippen molar-refractivity contribution in [3.8, 4) is 0 Å². The van der Waals surface area contributed by atoms with Crippen LogP contribution in [-0.2, 0) is 4.74 Å². The maximum atomic E-state index is 5.35. The molecular formula is C12H25NO. The standard InChI is InChI=1S/C10H19NO.C2H6/c1-2-4-10(5-3-1)11-6-8-12-9-7-11;1-2/h10H,1-9H2;1-2H3. The van der Waals surface area contributed by atoms with Gasteiger partial charge in [-0.2, -0.15) is 0 Å². The van der Waals surface area contributed by atoms with Crippen LogP contribution >= 0.6 is 0 Å². The highest BCUT2D eigenvalue weighted by molar-refractivity contribution is 4.76. The first-order chi connectivity index (χ1) is 6.97. The highest BCUT2D eigenvalue weighted by Gasteiger charge is 2.22. The Morgan fingerprint density at radius 3 is 2.07 bits per heavy atom. The lowest BCUT2D eigenvalue weighted by Crippen LogP contribution is -2.44. The predicted octanol–water partition coefficient (Wildman–Crippen LogP) is 2.68. The van der Waals surface area contributed by atoms with Gasteiger partial charge in [-0.1, -0.05) is 33.1 Å². The van der Waals surface area contributed by atoms with E-state index in [4.69, 9.17) is 4.74 Å². The number of ether oxygens (including phenoxy) is 1. The molecule has 0 aromatic heterocycles. The highest BCUT2D eigenvalue weighted by atomic mass is 16.5. The summed E-state index contributed by atoms with van der Waals surface area (Å²) in [6, 6.07) is 0.891. The minimum absolute atomic E-state index is 0.891. The van der Waals surface area contributed by atoms with Crippen LogP contribution in [0.1, 0.15) is 46.0 Å². The van der Waals surface area contributed by atoms with Gasteiger partial charge in [0.15, 0.2) is 0 Å². The zero-order chi connectivity index (χ0) is 10.2. The van der Waals surface area contributed by atoms with Gasteiger partial charge in [-0.3, -0.25) is 4.90 Å². The number of hydrogen-bond acceptors (Lipinski definition) is 2. The number of nitrogens with zero attached hydrogens (tertiary/aromatic N) is 1. The molecule has 84 valence electrons. The topological polar surface area (TPSA) is 12.5 Å². The summed E-state index contributed by atoms with van der Waals surface area (Å²) in [4.78, 5) is 2.63. The summed E-state index contributed by atoms with van der Waals surface area (Å²) < 4.78 is 5.35. The van der Waals surface area contributed by atoms with Gasteiger partial charge in [0.2, 0.25) is 0 Å². The summed E-state index contributed by atoms with van der Waals surface area (Å²) in [6.45, 7) is 8.25. The maximum Gasteiger partial charge on any atom is 0.0594 e. The fourth-order valence-electron chi connectivity index (χ4n) is 2.39.